The zero-order valence-electron chi connectivity index (χ0n) is 25.1. The molecule has 218 valence electrons. The summed E-state index contributed by atoms with van der Waals surface area (Å²) < 4.78 is 10.4. The van der Waals surface area contributed by atoms with Crippen molar-refractivity contribution in [1.29, 1.82) is 0 Å². The second kappa shape index (κ2) is 10.6. The van der Waals surface area contributed by atoms with Gasteiger partial charge in [-0.25, -0.2) is 0 Å². The Morgan fingerprint density at radius 1 is 0.467 bits per heavy atom. The van der Waals surface area contributed by atoms with Crippen LogP contribution in [-0.2, 0) is 13.1 Å². The summed E-state index contributed by atoms with van der Waals surface area (Å²) in [6.07, 6.45) is 9.09. The molecule has 0 saturated carbocycles. The van der Waals surface area contributed by atoms with Crippen LogP contribution in [0.2, 0.25) is 0 Å². The monoisotopic (exact) mass is 634 g/mol. The number of thiophene rings is 3. The fourth-order valence-electron chi connectivity index (χ4n) is 6.92. The molecule has 0 saturated heterocycles. The van der Waals surface area contributed by atoms with Crippen molar-refractivity contribution in [1.82, 2.24) is 9.13 Å². The maximum atomic E-state index is 2.41. The number of hydrogen-bond acceptors (Lipinski definition) is 3. The van der Waals surface area contributed by atoms with Crippen molar-refractivity contribution in [2.75, 3.05) is 0 Å². The molecule has 4 aromatic carbocycles. The molecule has 0 N–H and O–H groups in total. The van der Waals surface area contributed by atoms with Gasteiger partial charge in [0.1, 0.15) is 0 Å². The molecule has 0 aliphatic carbocycles. The van der Waals surface area contributed by atoms with Gasteiger partial charge in [0, 0.05) is 75.9 Å². The number of aryl methyl sites for hydroxylation is 2. The van der Waals surface area contributed by atoms with Crippen LogP contribution in [0.1, 0.15) is 34.7 Å². The highest BCUT2D eigenvalue weighted by Crippen LogP contribution is 2.44. The first-order chi connectivity index (χ1) is 22.2. The summed E-state index contributed by atoms with van der Waals surface area (Å²) in [5.74, 6) is 0. The van der Waals surface area contributed by atoms with Crippen LogP contribution in [0.4, 0.5) is 0 Å². The van der Waals surface area contributed by atoms with Crippen molar-refractivity contribution >= 4 is 121 Å². The van der Waals surface area contributed by atoms with Crippen LogP contribution in [0, 0.1) is 0 Å². The molecule has 45 heavy (non-hydrogen) atoms. The third kappa shape index (κ3) is 4.33. The number of fused-ring (bicyclic) bond motifs is 9. The molecule has 2 nitrogen and oxygen atoms in total. The van der Waals surface area contributed by atoms with Crippen molar-refractivity contribution in [3.63, 3.8) is 0 Å². The standard InChI is InChI=1S/C40H30N2S3/c1-3-41-33-11-7-5-9-29(33)31-21-25(15-19-35(31)41)13-17-27-23-37-39(43-27)40-38(45-37)24-28(44-40)18-14-26-16-20-36-32(22-26)30-10-6-8-12-34(30)42(36)4-2/h5-24H,3-4H2,1-2H3/b17-13+,18-14+. The van der Waals surface area contributed by atoms with E-state index in [2.05, 4.69) is 144 Å². The molecule has 0 unspecified atom stereocenters. The van der Waals surface area contributed by atoms with E-state index in [4.69, 9.17) is 0 Å². The first-order valence-electron chi connectivity index (χ1n) is 15.5. The topological polar surface area (TPSA) is 9.86 Å². The first kappa shape index (κ1) is 26.9. The second-order valence-corrected chi connectivity index (χ2v) is 14.8. The van der Waals surface area contributed by atoms with Crippen LogP contribution in [0.25, 0.3) is 86.7 Å². The quantitative estimate of drug-likeness (QED) is 0.172. The molecular weight excluding hydrogens is 605 g/mol. The van der Waals surface area contributed by atoms with Gasteiger partial charge in [-0.2, -0.15) is 0 Å². The molecule has 0 bridgehead atoms. The first-order valence-corrected chi connectivity index (χ1v) is 18.0. The fraction of sp³-hybridized carbons (Fsp3) is 0.100. The number of hydrogen-bond donors (Lipinski definition) is 0. The lowest BCUT2D eigenvalue weighted by molar-refractivity contribution is 0.827. The molecule has 5 heterocycles. The molecule has 0 atom stereocenters. The molecule has 9 rings (SSSR count). The minimum atomic E-state index is 0.973. The Labute approximate surface area is 273 Å². The van der Waals surface area contributed by atoms with Crippen LogP contribution in [0.3, 0.4) is 0 Å². The fourth-order valence-corrected chi connectivity index (χ4v) is 10.8. The average Bonchev–Trinajstić information content (AvgIpc) is 3.86. The number of aromatic nitrogens is 2. The molecule has 0 radical (unpaired) electrons. The van der Waals surface area contributed by atoms with E-state index in [9.17, 15) is 0 Å². The third-order valence-electron chi connectivity index (χ3n) is 8.97. The zero-order chi connectivity index (χ0) is 30.1. The normalized spacial score (nSPS) is 12.7. The Kier molecular flexibility index (Phi) is 6.34. The van der Waals surface area contributed by atoms with Crippen molar-refractivity contribution in [2.24, 2.45) is 0 Å². The van der Waals surface area contributed by atoms with Gasteiger partial charge in [-0.15, -0.1) is 34.0 Å². The van der Waals surface area contributed by atoms with Gasteiger partial charge in [-0.05, 0) is 85.7 Å². The highest BCUT2D eigenvalue weighted by Gasteiger charge is 2.13. The van der Waals surface area contributed by atoms with Gasteiger partial charge < -0.3 is 9.13 Å². The number of nitrogens with zero attached hydrogens (tertiary/aromatic N) is 2. The highest BCUT2D eigenvalue weighted by molar-refractivity contribution is 7.38. The maximum absolute atomic E-state index is 2.41. The Hall–Kier alpha value is -4.42. The Morgan fingerprint density at radius 3 is 1.38 bits per heavy atom. The van der Waals surface area contributed by atoms with Crippen molar-refractivity contribution < 1.29 is 0 Å². The van der Waals surface area contributed by atoms with Gasteiger partial charge >= 0.3 is 0 Å². The molecule has 0 amide bonds. The summed E-state index contributed by atoms with van der Waals surface area (Å²) in [4.78, 5) is 2.61. The largest absolute Gasteiger partial charge is 0.341 e. The third-order valence-corrected chi connectivity index (χ3v) is 12.7. The van der Waals surface area contributed by atoms with Gasteiger partial charge in [-0.1, -0.05) is 60.7 Å². The Morgan fingerprint density at radius 2 is 0.911 bits per heavy atom. The molecular formula is C40H30N2S3. The minimum absolute atomic E-state index is 0.973. The lowest BCUT2D eigenvalue weighted by Gasteiger charge is -2.02. The van der Waals surface area contributed by atoms with Crippen molar-refractivity contribution in [3.05, 3.63) is 118 Å². The summed E-state index contributed by atoms with van der Waals surface area (Å²) in [6.45, 7) is 6.39. The number of para-hydroxylation sites is 2. The summed E-state index contributed by atoms with van der Waals surface area (Å²) in [6, 6.07) is 35.9. The van der Waals surface area contributed by atoms with Gasteiger partial charge in [0.15, 0.2) is 0 Å². The molecule has 0 fully saturated rings. The van der Waals surface area contributed by atoms with E-state index in [1.807, 2.05) is 34.0 Å². The average molecular weight is 635 g/mol. The van der Waals surface area contributed by atoms with Gasteiger partial charge in [0.25, 0.3) is 0 Å². The molecule has 0 aliphatic rings. The van der Waals surface area contributed by atoms with E-state index in [1.165, 1.54) is 83.3 Å². The lowest BCUT2D eigenvalue weighted by atomic mass is 10.1. The smallest absolute Gasteiger partial charge is 0.0635 e. The van der Waals surface area contributed by atoms with Crippen LogP contribution in [-0.4, -0.2) is 9.13 Å². The van der Waals surface area contributed by atoms with Crippen LogP contribution in [0.5, 0.6) is 0 Å². The summed E-state index contributed by atoms with van der Waals surface area (Å²) in [7, 11) is 0. The van der Waals surface area contributed by atoms with Gasteiger partial charge in [-0.3, -0.25) is 0 Å². The SMILES string of the molecule is CCn1c2ccccc2c2cc(/C=C/c3cc4sc5cc(/C=C/c6ccc7c(c6)c6ccccc6n7CC)sc5c4s3)ccc21. The Balaban J connectivity index is 1.01. The Bertz CT molecular complexity index is 2450. The van der Waals surface area contributed by atoms with Gasteiger partial charge in [0.2, 0.25) is 0 Å². The molecule has 5 aromatic heterocycles. The van der Waals surface area contributed by atoms with Crippen LogP contribution >= 0.6 is 34.0 Å². The van der Waals surface area contributed by atoms with E-state index < -0.39 is 0 Å². The van der Waals surface area contributed by atoms with E-state index in [0.717, 1.165) is 13.1 Å². The second-order valence-electron chi connectivity index (χ2n) is 11.5. The van der Waals surface area contributed by atoms with Crippen molar-refractivity contribution in [3.8, 4) is 0 Å². The predicted molar refractivity (Wildman–Crippen MR) is 203 cm³/mol. The number of benzene rings is 4. The molecule has 0 spiro atoms. The highest BCUT2D eigenvalue weighted by atomic mass is 32.1. The lowest BCUT2D eigenvalue weighted by Crippen LogP contribution is -1.92. The van der Waals surface area contributed by atoms with E-state index in [1.54, 1.807) is 0 Å². The molecule has 9 aromatic rings. The van der Waals surface area contributed by atoms with Gasteiger partial charge in [0.05, 0.1) is 9.40 Å². The van der Waals surface area contributed by atoms with E-state index >= 15 is 0 Å². The van der Waals surface area contributed by atoms with Crippen LogP contribution in [0.15, 0.2) is 97.1 Å². The maximum Gasteiger partial charge on any atom is 0.0635 e. The van der Waals surface area contributed by atoms with Crippen LogP contribution < -0.4 is 0 Å². The molecule has 0 aliphatic heterocycles. The number of rotatable bonds is 6. The summed E-state index contributed by atoms with van der Waals surface area (Å²) in [5, 5.41) is 5.32. The van der Waals surface area contributed by atoms with E-state index in [-0.39, 0.29) is 0 Å². The van der Waals surface area contributed by atoms with Crippen molar-refractivity contribution in [2.45, 2.75) is 26.9 Å². The minimum Gasteiger partial charge on any atom is -0.341 e. The summed E-state index contributed by atoms with van der Waals surface area (Å²) >= 11 is 5.72. The summed E-state index contributed by atoms with van der Waals surface area (Å²) in [5.41, 5.74) is 7.72. The predicted octanol–water partition coefficient (Wildman–Crippen LogP) is 12.8. The molecule has 5 heteroatoms. The zero-order valence-corrected chi connectivity index (χ0v) is 27.5. The van der Waals surface area contributed by atoms with E-state index in [0.29, 0.717) is 0 Å².